The van der Waals surface area contributed by atoms with Crippen molar-refractivity contribution in [1.82, 2.24) is 0 Å². The third kappa shape index (κ3) is 4.75. The molecular weight excluding hydrogens is 424 g/mol. The maximum atomic E-state index is 13.4. The zero-order valence-corrected chi connectivity index (χ0v) is 20.0. The van der Waals surface area contributed by atoms with Crippen molar-refractivity contribution in [3.63, 3.8) is 0 Å². The van der Waals surface area contributed by atoms with Crippen LogP contribution in [0.5, 0.6) is 5.75 Å². The SMILES string of the molecule is COc1ccccc1NC(=O)c1c(N=Cc2cccs2)sc2c1CC[C@@H](C(C)(C)C)C2. The number of rotatable bonds is 5. The van der Waals surface area contributed by atoms with E-state index in [2.05, 4.69) is 26.1 Å². The highest BCUT2D eigenvalue weighted by molar-refractivity contribution is 7.16. The Morgan fingerprint density at radius 3 is 2.74 bits per heavy atom. The topological polar surface area (TPSA) is 50.7 Å². The van der Waals surface area contributed by atoms with Crippen LogP contribution in [0.3, 0.4) is 0 Å². The number of nitrogens with zero attached hydrogens (tertiary/aromatic N) is 1. The highest BCUT2D eigenvalue weighted by Gasteiger charge is 2.33. The van der Waals surface area contributed by atoms with Gasteiger partial charge in [0.2, 0.25) is 0 Å². The van der Waals surface area contributed by atoms with Crippen LogP contribution in [-0.4, -0.2) is 19.2 Å². The number of benzene rings is 1. The minimum Gasteiger partial charge on any atom is -0.495 e. The van der Waals surface area contributed by atoms with Gasteiger partial charge in [-0.1, -0.05) is 39.0 Å². The average Bonchev–Trinajstić information content (AvgIpc) is 3.38. The molecule has 0 saturated heterocycles. The Morgan fingerprint density at radius 2 is 2.03 bits per heavy atom. The van der Waals surface area contributed by atoms with E-state index >= 15 is 0 Å². The van der Waals surface area contributed by atoms with Gasteiger partial charge in [0.25, 0.3) is 5.91 Å². The molecule has 1 N–H and O–H groups in total. The summed E-state index contributed by atoms with van der Waals surface area (Å²) in [6.45, 7) is 6.92. The van der Waals surface area contributed by atoms with Crippen molar-refractivity contribution in [3.05, 3.63) is 62.7 Å². The Hall–Kier alpha value is -2.44. The summed E-state index contributed by atoms with van der Waals surface area (Å²) in [7, 11) is 1.61. The van der Waals surface area contributed by atoms with E-state index < -0.39 is 0 Å². The van der Waals surface area contributed by atoms with Gasteiger partial charge in [0, 0.05) is 16.0 Å². The predicted octanol–water partition coefficient (Wildman–Crippen LogP) is 6.97. The molecule has 1 aromatic carbocycles. The summed E-state index contributed by atoms with van der Waals surface area (Å²) < 4.78 is 5.41. The van der Waals surface area contributed by atoms with E-state index in [4.69, 9.17) is 9.73 Å². The fraction of sp³-hybridized carbons (Fsp3) is 0.360. The summed E-state index contributed by atoms with van der Waals surface area (Å²) in [6, 6.07) is 11.5. The molecule has 6 heteroatoms. The Bertz CT molecular complexity index is 1090. The molecule has 1 atom stereocenters. The molecule has 2 aromatic heterocycles. The summed E-state index contributed by atoms with van der Waals surface area (Å²) in [6.07, 6.45) is 4.88. The molecule has 4 rings (SSSR count). The fourth-order valence-electron chi connectivity index (χ4n) is 4.06. The first kappa shape index (κ1) is 21.8. The quantitative estimate of drug-likeness (QED) is 0.425. The molecule has 1 amide bonds. The van der Waals surface area contributed by atoms with Crippen LogP contribution >= 0.6 is 22.7 Å². The van der Waals surface area contributed by atoms with Gasteiger partial charge in [-0.2, -0.15) is 0 Å². The number of thiophene rings is 2. The van der Waals surface area contributed by atoms with Gasteiger partial charge in [0.1, 0.15) is 10.8 Å². The van der Waals surface area contributed by atoms with Crippen molar-refractivity contribution >= 4 is 45.5 Å². The van der Waals surface area contributed by atoms with E-state index in [9.17, 15) is 4.79 Å². The summed E-state index contributed by atoms with van der Waals surface area (Å²) in [5.41, 5.74) is 2.80. The summed E-state index contributed by atoms with van der Waals surface area (Å²) in [5.74, 6) is 1.14. The lowest BCUT2D eigenvalue weighted by molar-refractivity contribution is 0.102. The van der Waals surface area contributed by atoms with Crippen LogP contribution in [0.25, 0.3) is 0 Å². The second-order valence-corrected chi connectivity index (χ2v) is 11.0. The van der Waals surface area contributed by atoms with E-state index in [0.717, 1.165) is 34.7 Å². The molecule has 4 nitrogen and oxygen atoms in total. The number of fused-ring (bicyclic) bond motifs is 1. The lowest BCUT2D eigenvalue weighted by atomic mass is 9.72. The molecule has 162 valence electrons. The summed E-state index contributed by atoms with van der Waals surface area (Å²) in [5, 5.41) is 5.88. The van der Waals surface area contributed by atoms with E-state index in [0.29, 0.717) is 22.9 Å². The van der Waals surface area contributed by atoms with Crippen molar-refractivity contribution < 1.29 is 9.53 Å². The number of ether oxygens (including phenoxy) is 1. The first-order valence-electron chi connectivity index (χ1n) is 10.5. The smallest absolute Gasteiger partial charge is 0.259 e. The molecule has 1 aliphatic rings. The first-order valence-corrected chi connectivity index (χ1v) is 12.2. The number of carbonyl (C=O) groups is 1. The first-order chi connectivity index (χ1) is 14.9. The van der Waals surface area contributed by atoms with Gasteiger partial charge in [-0.3, -0.25) is 4.79 Å². The molecule has 0 aliphatic heterocycles. The van der Waals surface area contributed by atoms with Crippen LogP contribution < -0.4 is 10.1 Å². The fourth-order valence-corrected chi connectivity index (χ4v) is 5.91. The molecule has 31 heavy (non-hydrogen) atoms. The number of para-hydroxylation sites is 2. The number of hydrogen-bond donors (Lipinski definition) is 1. The predicted molar refractivity (Wildman–Crippen MR) is 132 cm³/mol. The van der Waals surface area contributed by atoms with Gasteiger partial charge < -0.3 is 10.1 Å². The lowest BCUT2D eigenvalue weighted by Gasteiger charge is -2.33. The highest BCUT2D eigenvalue weighted by atomic mass is 32.1. The van der Waals surface area contributed by atoms with E-state index in [-0.39, 0.29) is 11.3 Å². The van der Waals surface area contributed by atoms with Crippen molar-refractivity contribution in [3.8, 4) is 5.75 Å². The second-order valence-electron chi connectivity index (χ2n) is 8.92. The van der Waals surface area contributed by atoms with Gasteiger partial charge in [0.05, 0.1) is 18.4 Å². The average molecular weight is 453 g/mol. The zero-order chi connectivity index (χ0) is 22.0. The molecule has 0 radical (unpaired) electrons. The Morgan fingerprint density at radius 1 is 1.23 bits per heavy atom. The van der Waals surface area contributed by atoms with Crippen LogP contribution in [-0.2, 0) is 12.8 Å². The van der Waals surface area contributed by atoms with Crippen LogP contribution in [0.1, 0.15) is 52.9 Å². The minimum absolute atomic E-state index is 0.116. The summed E-state index contributed by atoms with van der Waals surface area (Å²) >= 11 is 3.31. The third-order valence-electron chi connectivity index (χ3n) is 5.91. The van der Waals surface area contributed by atoms with Crippen LogP contribution in [0.15, 0.2) is 46.8 Å². The second kappa shape index (κ2) is 8.97. The zero-order valence-electron chi connectivity index (χ0n) is 18.4. The Labute approximate surface area is 192 Å². The molecule has 0 fully saturated rings. The van der Waals surface area contributed by atoms with Gasteiger partial charge in [0.15, 0.2) is 0 Å². The van der Waals surface area contributed by atoms with Gasteiger partial charge in [-0.15, -0.1) is 22.7 Å². The monoisotopic (exact) mass is 452 g/mol. The highest BCUT2D eigenvalue weighted by Crippen LogP contribution is 2.45. The number of amides is 1. The normalized spacial score (nSPS) is 16.3. The lowest BCUT2D eigenvalue weighted by Crippen LogP contribution is -2.27. The number of nitrogens with one attached hydrogen (secondary N) is 1. The standard InChI is InChI=1S/C25H28N2O2S2/c1-25(2,3)16-11-12-18-21(14-16)31-24(26-15-17-8-7-13-30-17)22(18)23(28)27-19-9-5-6-10-20(19)29-4/h5-10,13,15-16H,11-12,14H2,1-4H3,(H,27,28)/t16-/m1/s1. The number of carbonyl (C=O) groups excluding carboxylic acids is 1. The number of anilines is 1. The molecule has 0 bridgehead atoms. The van der Waals surface area contributed by atoms with E-state index in [1.807, 2.05) is 48.0 Å². The van der Waals surface area contributed by atoms with Crippen molar-refractivity contribution in [2.45, 2.75) is 40.0 Å². The largest absolute Gasteiger partial charge is 0.495 e. The van der Waals surface area contributed by atoms with Crippen LogP contribution in [0.2, 0.25) is 0 Å². The molecule has 1 aliphatic carbocycles. The molecule has 0 unspecified atom stereocenters. The molecule has 2 heterocycles. The van der Waals surface area contributed by atoms with Gasteiger partial charge >= 0.3 is 0 Å². The van der Waals surface area contributed by atoms with Crippen LogP contribution in [0, 0.1) is 11.3 Å². The maximum absolute atomic E-state index is 13.4. The third-order valence-corrected chi connectivity index (χ3v) is 7.88. The number of aliphatic imine (C=N–C) groups is 1. The molecular formula is C25H28N2O2S2. The number of hydrogen-bond acceptors (Lipinski definition) is 5. The molecule has 0 saturated carbocycles. The van der Waals surface area contributed by atoms with E-state index in [1.165, 1.54) is 4.88 Å². The van der Waals surface area contributed by atoms with Crippen LogP contribution in [0.4, 0.5) is 10.7 Å². The Balaban J connectivity index is 1.71. The number of methoxy groups -OCH3 is 1. The summed E-state index contributed by atoms with van der Waals surface area (Å²) in [4.78, 5) is 20.6. The van der Waals surface area contributed by atoms with E-state index in [1.54, 1.807) is 29.8 Å². The van der Waals surface area contributed by atoms with Crippen molar-refractivity contribution in [2.24, 2.45) is 16.3 Å². The van der Waals surface area contributed by atoms with Crippen molar-refractivity contribution in [1.29, 1.82) is 0 Å². The van der Waals surface area contributed by atoms with Gasteiger partial charge in [-0.05, 0) is 59.7 Å². The maximum Gasteiger partial charge on any atom is 0.259 e. The molecule has 0 spiro atoms. The molecule has 3 aromatic rings. The van der Waals surface area contributed by atoms with Crippen molar-refractivity contribution in [2.75, 3.05) is 12.4 Å². The Kier molecular flexibility index (Phi) is 6.30. The minimum atomic E-state index is -0.116. The van der Waals surface area contributed by atoms with Gasteiger partial charge in [-0.25, -0.2) is 4.99 Å².